The first-order valence-electron chi connectivity index (χ1n) is 5.68. The molecule has 2 aliphatic rings. The fourth-order valence-corrected chi connectivity index (χ4v) is 4.36. The number of fused-ring (bicyclic) bond motifs is 1. The van der Waals surface area contributed by atoms with Gasteiger partial charge in [0.15, 0.2) is 5.12 Å². The van der Waals surface area contributed by atoms with Crippen molar-refractivity contribution in [1.29, 1.82) is 0 Å². The minimum Gasteiger partial charge on any atom is -0.477 e. The van der Waals surface area contributed by atoms with Gasteiger partial charge in [0.05, 0.1) is 0 Å². The standard InChI is InChI=1S/C11H14N2O4S2/c1-4-6(3-18-5(2)14)8(11(16)17)13-9(15)7(12)10(13)19-4/h4,7,10H,3,12H2,1-2H3,(H,16,17)/t4?,7-,10-/m1/s1. The lowest BCUT2D eigenvalue weighted by molar-refractivity contribution is -0.148. The first-order valence-corrected chi connectivity index (χ1v) is 7.61. The molecular weight excluding hydrogens is 288 g/mol. The van der Waals surface area contributed by atoms with Crippen LogP contribution in [0.5, 0.6) is 0 Å². The third kappa shape index (κ3) is 2.39. The average molecular weight is 302 g/mol. The average Bonchev–Trinajstić information content (AvgIpc) is 2.34. The molecule has 0 aliphatic carbocycles. The summed E-state index contributed by atoms with van der Waals surface area (Å²) >= 11 is 2.51. The molecule has 2 heterocycles. The minimum absolute atomic E-state index is 0.00306. The molecule has 19 heavy (non-hydrogen) atoms. The molecule has 3 N–H and O–H groups in total. The zero-order valence-corrected chi connectivity index (χ0v) is 12.1. The highest BCUT2D eigenvalue weighted by molar-refractivity contribution is 8.13. The van der Waals surface area contributed by atoms with Crippen LogP contribution in [-0.2, 0) is 14.4 Å². The third-order valence-electron chi connectivity index (χ3n) is 3.10. The van der Waals surface area contributed by atoms with Crippen LogP contribution >= 0.6 is 23.5 Å². The number of carbonyl (C=O) groups excluding carboxylic acids is 2. The summed E-state index contributed by atoms with van der Waals surface area (Å²) in [5.41, 5.74) is 6.28. The monoisotopic (exact) mass is 302 g/mol. The topological polar surface area (TPSA) is 101 Å². The van der Waals surface area contributed by atoms with Crippen molar-refractivity contribution in [2.45, 2.75) is 30.5 Å². The molecule has 2 aliphatic heterocycles. The van der Waals surface area contributed by atoms with Gasteiger partial charge in [-0.3, -0.25) is 14.5 Å². The molecule has 0 saturated carbocycles. The molecule has 1 amide bonds. The Morgan fingerprint density at radius 3 is 2.68 bits per heavy atom. The number of carboxylic acids is 1. The molecule has 104 valence electrons. The number of hydrogen-bond donors (Lipinski definition) is 2. The van der Waals surface area contributed by atoms with Crippen molar-refractivity contribution in [3.05, 3.63) is 11.3 Å². The summed E-state index contributed by atoms with van der Waals surface area (Å²) < 4.78 is 0. The van der Waals surface area contributed by atoms with E-state index in [0.717, 1.165) is 11.8 Å². The maximum Gasteiger partial charge on any atom is 0.352 e. The van der Waals surface area contributed by atoms with Crippen molar-refractivity contribution in [2.24, 2.45) is 5.73 Å². The van der Waals surface area contributed by atoms with Crippen LogP contribution in [0.3, 0.4) is 0 Å². The molecule has 0 spiro atoms. The van der Waals surface area contributed by atoms with Gasteiger partial charge in [0.1, 0.15) is 17.1 Å². The van der Waals surface area contributed by atoms with Crippen LogP contribution in [0.25, 0.3) is 0 Å². The molecule has 1 fully saturated rings. The predicted octanol–water partition coefficient (Wildman–Crippen LogP) is 0.236. The number of nitrogens with two attached hydrogens (primary N) is 1. The van der Waals surface area contributed by atoms with Gasteiger partial charge in [0.2, 0.25) is 5.91 Å². The predicted molar refractivity (Wildman–Crippen MR) is 73.5 cm³/mol. The van der Waals surface area contributed by atoms with E-state index in [4.69, 9.17) is 5.73 Å². The van der Waals surface area contributed by atoms with Gasteiger partial charge in [-0.15, -0.1) is 11.8 Å². The number of β-lactam (4-membered cyclic amide) rings is 1. The van der Waals surface area contributed by atoms with Crippen LogP contribution in [0.2, 0.25) is 0 Å². The van der Waals surface area contributed by atoms with E-state index in [0.29, 0.717) is 5.57 Å². The number of hydrogen-bond acceptors (Lipinski definition) is 6. The van der Waals surface area contributed by atoms with Crippen LogP contribution in [0.4, 0.5) is 0 Å². The van der Waals surface area contributed by atoms with Crippen LogP contribution in [-0.4, -0.2) is 49.4 Å². The number of nitrogens with zero attached hydrogens (tertiary/aromatic N) is 1. The first kappa shape index (κ1) is 14.4. The number of aliphatic carboxylic acids is 1. The normalized spacial score (nSPS) is 29.9. The summed E-state index contributed by atoms with van der Waals surface area (Å²) in [6.07, 6.45) is 0. The number of carbonyl (C=O) groups is 3. The molecular formula is C11H14N2O4S2. The Morgan fingerprint density at radius 1 is 1.53 bits per heavy atom. The van der Waals surface area contributed by atoms with Gasteiger partial charge in [-0.05, 0) is 12.5 Å². The summed E-state index contributed by atoms with van der Waals surface area (Å²) in [6, 6.07) is -0.635. The summed E-state index contributed by atoms with van der Waals surface area (Å²) in [7, 11) is 0. The van der Waals surface area contributed by atoms with Crippen LogP contribution in [0.15, 0.2) is 11.3 Å². The minimum atomic E-state index is -1.14. The van der Waals surface area contributed by atoms with Gasteiger partial charge >= 0.3 is 5.97 Å². The highest BCUT2D eigenvalue weighted by Crippen LogP contribution is 2.44. The Kier molecular flexibility index (Phi) is 3.93. The molecule has 0 radical (unpaired) electrons. The highest BCUT2D eigenvalue weighted by atomic mass is 32.2. The highest BCUT2D eigenvalue weighted by Gasteiger charge is 2.53. The molecule has 0 aromatic carbocycles. The van der Waals surface area contributed by atoms with E-state index in [1.54, 1.807) is 0 Å². The molecule has 1 unspecified atom stereocenters. The quantitative estimate of drug-likeness (QED) is 0.720. The molecule has 0 bridgehead atoms. The van der Waals surface area contributed by atoms with Crippen molar-refractivity contribution in [3.8, 4) is 0 Å². The van der Waals surface area contributed by atoms with E-state index in [1.165, 1.54) is 23.6 Å². The Balaban J connectivity index is 2.35. The number of amides is 1. The van der Waals surface area contributed by atoms with Gasteiger partial charge < -0.3 is 10.8 Å². The maximum atomic E-state index is 11.7. The lowest BCUT2D eigenvalue weighted by atomic mass is 10.0. The van der Waals surface area contributed by atoms with Crippen LogP contribution in [0.1, 0.15) is 13.8 Å². The van der Waals surface area contributed by atoms with Crippen LogP contribution in [0, 0.1) is 0 Å². The number of thioether (sulfide) groups is 2. The Bertz CT molecular complexity index is 491. The third-order valence-corrected chi connectivity index (χ3v) is 5.43. The van der Waals surface area contributed by atoms with Gasteiger partial charge in [0.25, 0.3) is 0 Å². The summed E-state index contributed by atoms with van der Waals surface area (Å²) in [6.45, 7) is 3.30. The van der Waals surface area contributed by atoms with E-state index in [2.05, 4.69) is 0 Å². The van der Waals surface area contributed by atoms with Crippen molar-refractivity contribution in [2.75, 3.05) is 5.75 Å². The van der Waals surface area contributed by atoms with Crippen molar-refractivity contribution in [3.63, 3.8) is 0 Å². The largest absolute Gasteiger partial charge is 0.477 e. The second kappa shape index (κ2) is 5.18. The van der Waals surface area contributed by atoms with Crippen molar-refractivity contribution >= 4 is 40.5 Å². The molecule has 6 nitrogen and oxygen atoms in total. The molecule has 0 aromatic heterocycles. The van der Waals surface area contributed by atoms with E-state index in [9.17, 15) is 19.5 Å². The summed E-state index contributed by atoms with van der Waals surface area (Å²) in [5, 5.41) is 8.86. The van der Waals surface area contributed by atoms with E-state index in [-0.39, 0.29) is 33.1 Å². The lowest BCUT2D eigenvalue weighted by Gasteiger charge is -2.49. The summed E-state index contributed by atoms with van der Waals surface area (Å²) in [4.78, 5) is 35.4. The van der Waals surface area contributed by atoms with Crippen LogP contribution < -0.4 is 5.73 Å². The molecule has 1 saturated heterocycles. The van der Waals surface area contributed by atoms with E-state index in [1.807, 2.05) is 6.92 Å². The lowest BCUT2D eigenvalue weighted by Crippen LogP contribution is -2.69. The zero-order chi connectivity index (χ0) is 14.3. The smallest absolute Gasteiger partial charge is 0.352 e. The SMILES string of the molecule is CC(=O)SCC1=C(C(=O)O)N2C(=O)[C@@H](N)[C@H]2SC1C. The van der Waals surface area contributed by atoms with E-state index >= 15 is 0 Å². The second-order valence-corrected chi connectivity index (χ2v) is 6.98. The van der Waals surface area contributed by atoms with Gasteiger partial charge in [0, 0.05) is 17.9 Å². The van der Waals surface area contributed by atoms with Crippen molar-refractivity contribution in [1.82, 2.24) is 4.90 Å². The summed E-state index contributed by atoms with van der Waals surface area (Å²) in [5.74, 6) is -1.22. The Morgan fingerprint density at radius 2 is 2.16 bits per heavy atom. The second-order valence-electron chi connectivity index (χ2n) is 4.36. The maximum absolute atomic E-state index is 11.7. The fraction of sp³-hybridized carbons (Fsp3) is 0.545. The molecule has 8 heteroatoms. The fourth-order valence-electron chi connectivity index (χ4n) is 2.11. The molecule has 2 rings (SSSR count). The Labute approximate surface area is 118 Å². The number of rotatable bonds is 3. The molecule has 3 atom stereocenters. The Hall–Kier alpha value is -0.990. The zero-order valence-electron chi connectivity index (χ0n) is 10.5. The first-order chi connectivity index (χ1) is 8.84. The van der Waals surface area contributed by atoms with Crippen molar-refractivity contribution < 1.29 is 19.5 Å². The van der Waals surface area contributed by atoms with Gasteiger partial charge in [-0.1, -0.05) is 11.8 Å². The van der Waals surface area contributed by atoms with Gasteiger partial charge in [-0.2, -0.15) is 0 Å². The van der Waals surface area contributed by atoms with E-state index < -0.39 is 12.0 Å². The number of carboxylic acid groups (broad SMARTS) is 1. The van der Waals surface area contributed by atoms with Gasteiger partial charge in [-0.25, -0.2) is 4.79 Å². The molecule has 0 aromatic rings.